The molecule has 9 rings (SSSR count). The summed E-state index contributed by atoms with van der Waals surface area (Å²) in [5.41, 5.74) is 5.99. The number of ether oxygens (including phenoxy) is 3. The first-order valence-corrected chi connectivity index (χ1v) is 25.2. The number of rotatable bonds is 15. The summed E-state index contributed by atoms with van der Waals surface area (Å²) >= 11 is 0. The van der Waals surface area contributed by atoms with Gasteiger partial charge in [0.2, 0.25) is 11.8 Å². The molecule has 3 aromatic rings. The molecule has 4 aliphatic heterocycles. The molecule has 1 aromatic heterocycles. The molecule has 0 radical (unpaired) electrons. The van der Waals surface area contributed by atoms with Gasteiger partial charge < -0.3 is 38.6 Å². The predicted octanol–water partition coefficient (Wildman–Crippen LogP) is 7.40. The Bertz CT molecular complexity index is 2940. The normalized spacial score (nSPS) is 20.4. The lowest BCUT2D eigenvalue weighted by atomic mass is 9.93. The molecule has 3 fully saturated rings. The largest absolute Gasteiger partial charge is 0.494 e. The van der Waals surface area contributed by atoms with Crippen LogP contribution in [0.4, 0.5) is 8.78 Å². The van der Waals surface area contributed by atoms with Crippen molar-refractivity contribution in [2.24, 2.45) is 0 Å². The number of carbonyl (C=O) groups is 5. The van der Waals surface area contributed by atoms with E-state index in [0.717, 1.165) is 23.3 Å². The molecule has 5 heterocycles. The van der Waals surface area contributed by atoms with Crippen LogP contribution in [-0.2, 0) is 43.4 Å². The number of nitrogens with zero attached hydrogens (tertiary/aromatic N) is 5. The van der Waals surface area contributed by atoms with Crippen molar-refractivity contribution in [1.82, 2.24) is 29.5 Å². The molecule has 2 N–H and O–H groups in total. The summed E-state index contributed by atoms with van der Waals surface area (Å²) in [4.78, 5) is 72.5. The second-order valence-electron chi connectivity index (χ2n) is 19.4. The van der Waals surface area contributed by atoms with E-state index >= 15 is 4.39 Å². The Kier molecular flexibility index (Phi) is 15.6. The highest BCUT2D eigenvalue weighted by atomic mass is 19.1. The Hall–Kier alpha value is -7.11. The first-order chi connectivity index (χ1) is 35.3. The molecule has 3 saturated heterocycles. The molecule has 17 heteroatoms. The molecule has 6 aliphatic rings. The van der Waals surface area contributed by atoms with Gasteiger partial charge in [-0.25, -0.2) is 13.6 Å². The fraction of sp³-hybridized carbons (Fsp3) is 0.411. The van der Waals surface area contributed by atoms with Crippen LogP contribution in [0.25, 0.3) is 16.5 Å². The van der Waals surface area contributed by atoms with E-state index in [-0.39, 0.29) is 80.6 Å². The minimum atomic E-state index is -1.14. The maximum Gasteiger partial charge on any atom is 0.352 e. The number of hydrogen-bond acceptors (Lipinski definition) is 10. The topological polar surface area (TPSA) is 163 Å². The molecular weight excluding hydrogens is 939 g/mol. The van der Waals surface area contributed by atoms with Gasteiger partial charge in [0.25, 0.3) is 11.8 Å². The molecule has 0 saturated carbocycles. The predicted molar refractivity (Wildman–Crippen MR) is 270 cm³/mol. The number of amides is 4. The molecule has 15 nitrogen and oxygen atoms in total. The van der Waals surface area contributed by atoms with Gasteiger partial charge >= 0.3 is 5.97 Å². The Morgan fingerprint density at radius 1 is 0.986 bits per heavy atom. The van der Waals surface area contributed by atoms with Crippen LogP contribution in [0.2, 0.25) is 0 Å². The number of carboxylic acid groups (broad SMARTS) is 1. The van der Waals surface area contributed by atoms with E-state index in [1.165, 1.54) is 18.2 Å². The van der Waals surface area contributed by atoms with E-state index in [9.17, 15) is 33.5 Å². The number of aromatic nitrogens is 1. The fourth-order valence-electron chi connectivity index (χ4n) is 10.9. The third-order valence-electron chi connectivity index (χ3n) is 14.5. The number of carboxylic acids is 1. The Labute approximate surface area is 423 Å². The molecule has 1 atom stereocenters. The van der Waals surface area contributed by atoms with Crippen molar-refractivity contribution < 1.29 is 52.1 Å². The zero-order chi connectivity index (χ0) is 51.3. The first-order valence-electron chi connectivity index (χ1n) is 25.2. The number of piperazine rings is 1. The highest BCUT2D eigenvalue weighted by Gasteiger charge is 2.38. The number of likely N-dealkylation sites (N-methyl/N-ethyl adjacent to an activating group) is 1. The summed E-state index contributed by atoms with van der Waals surface area (Å²) in [6.07, 6.45) is 13.7. The lowest BCUT2D eigenvalue weighted by Crippen LogP contribution is -2.50. The van der Waals surface area contributed by atoms with E-state index in [0.29, 0.717) is 128 Å². The highest BCUT2D eigenvalue weighted by Crippen LogP contribution is 2.40. The van der Waals surface area contributed by atoms with Gasteiger partial charge in [0, 0.05) is 117 Å². The summed E-state index contributed by atoms with van der Waals surface area (Å²) in [7, 11) is 1.95. The summed E-state index contributed by atoms with van der Waals surface area (Å²) < 4.78 is 51.4. The van der Waals surface area contributed by atoms with Gasteiger partial charge in [-0.15, -0.1) is 0 Å². The van der Waals surface area contributed by atoms with Crippen molar-refractivity contribution in [2.75, 3.05) is 72.7 Å². The van der Waals surface area contributed by atoms with E-state index < -0.39 is 23.7 Å². The summed E-state index contributed by atoms with van der Waals surface area (Å²) in [5.74, 6) is -2.18. The number of carbonyl (C=O) groups excluding carboxylic acids is 4. The summed E-state index contributed by atoms with van der Waals surface area (Å²) in [6.45, 7) is 10.2. The van der Waals surface area contributed by atoms with Crippen LogP contribution in [0.1, 0.15) is 89.4 Å². The average molecular weight is 1000 g/mol. The number of fused-ring (bicyclic) bond motifs is 2. The van der Waals surface area contributed by atoms with Gasteiger partial charge in [-0.05, 0) is 105 Å². The molecule has 73 heavy (non-hydrogen) atoms. The average Bonchev–Trinajstić information content (AvgIpc) is 3.48. The van der Waals surface area contributed by atoms with E-state index in [1.54, 1.807) is 44.7 Å². The molecule has 384 valence electrons. The Morgan fingerprint density at radius 3 is 2.60 bits per heavy atom. The smallest absolute Gasteiger partial charge is 0.352 e. The number of halogens is 2. The molecule has 1 unspecified atom stereocenters. The fourth-order valence-corrected chi connectivity index (χ4v) is 10.9. The van der Waals surface area contributed by atoms with Crippen LogP contribution in [0.3, 0.4) is 0 Å². The molecule has 2 aromatic carbocycles. The van der Waals surface area contributed by atoms with E-state index in [1.807, 2.05) is 32.2 Å². The number of hydrogen-bond donors (Lipinski definition) is 2. The maximum atomic E-state index is 16.8. The first kappa shape index (κ1) is 50.8. The molecule has 4 amide bonds. The SMILES string of the molecule is C=C(C)/C(=C1/COCCCN1C)c1c(F)ccc2c(CCCOC3=CCC=CC4=C3CC=CC(F)=C4)c(C(=O)O)n(CCN3CCN(C(=O)COc4cccc5c4CN(C4CCC(=O)NC(=O)C4)C5=O)CC3)c12. The molecular formula is C56H62F2N6O9. The van der Waals surface area contributed by atoms with Crippen molar-refractivity contribution in [1.29, 1.82) is 0 Å². The zero-order valence-electron chi connectivity index (χ0n) is 41.5. The maximum absolute atomic E-state index is 16.8. The lowest BCUT2D eigenvalue weighted by molar-refractivity contribution is -0.135. The number of nitrogens with one attached hydrogen (secondary N) is 1. The number of imide groups is 1. The number of allylic oxidation sites excluding steroid dienone is 11. The van der Waals surface area contributed by atoms with Crippen LogP contribution in [0, 0.1) is 5.82 Å². The van der Waals surface area contributed by atoms with Gasteiger partial charge in [0.15, 0.2) is 6.61 Å². The van der Waals surface area contributed by atoms with E-state index in [2.05, 4.69) is 21.7 Å². The lowest BCUT2D eigenvalue weighted by Gasteiger charge is -2.35. The summed E-state index contributed by atoms with van der Waals surface area (Å²) in [5, 5.41) is 14.1. The monoisotopic (exact) mass is 1000 g/mol. The second kappa shape index (κ2) is 22.3. The van der Waals surface area contributed by atoms with Crippen LogP contribution in [-0.4, -0.2) is 138 Å². The molecule has 0 bridgehead atoms. The van der Waals surface area contributed by atoms with Gasteiger partial charge in [0.1, 0.15) is 28.8 Å². The van der Waals surface area contributed by atoms with Crippen LogP contribution in [0.15, 0.2) is 107 Å². The number of aryl methyl sites for hydroxylation is 1. The van der Waals surface area contributed by atoms with Crippen LogP contribution < -0.4 is 10.1 Å². The minimum Gasteiger partial charge on any atom is -0.494 e. The number of benzene rings is 2. The van der Waals surface area contributed by atoms with Crippen molar-refractivity contribution in [3.8, 4) is 5.75 Å². The third-order valence-corrected chi connectivity index (χ3v) is 14.5. The second-order valence-corrected chi connectivity index (χ2v) is 19.4. The van der Waals surface area contributed by atoms with Gasteiger partial charge in [-0.1, -0.05) is 30.9 Å². The quantitative estimate of drug-likeness (QED) is 0.115. The van der Waals surface area contributed by atoms with Gasteiger partial charge in [-0.2, -0.15) is 0 Å². The van der Waals surface area contributed by atoms with Crippen molar-refractivity contribution in [3.05, 3.63) is 141 Å². The standard InChI is InChI=1S/C56H62F2N6O9/c1-35(2)51(45-33-71-28-9-21-60(45)3)52-44(58)19-18-41-40(14-8-29-72-46-15-5-4-10-36-30-37(57)11-6-12-39(36)46)54(56(69)70)63(53(41)52)27-24-61-22-25-62(26-23-61)50(67)34-73-47-16-7-13-42-43(47)32-64(55(42)68)38-17-20-48(65)59-49(66)31-38/h4,6-7,10-11,13,15-16,18-19,30,38H,1,5,8-9,12,14,17,20-29,31-34H2,2-3H3,(H,69,70)(H,59,65,66)/b51-45+. The molecule has 0 spiro atoms. The van der Waals surface area contributed by atoms with E-state index in [4.69, 9.17) is 14.2 Å². The highest BCUT2D eigenvalue weighted by molar-refractivity contribution is 6.04. The minimum absolute atomic E-state index is 0.0209. The summed E-state index contributed by atoms with van der Waals surface area (Å²) in [6, 6.07) is 7.74. The Morgan fingerprint density at radius 2 is 1.81 bits per heavy atom. The van der Waals surface area contributed by atoms with Crippen LogP contribution in [0.5, 0.6) is 5.75 Å². The zero-order valence-corrected chi connectivity index (χ0v) is 41.5. The number of aromatic carboxylic acids is 1. The van der Waals surface area contributed by atoms with Crippen molar-refractivity contribution in [3.63, 3.8) is 0 Å². The van der Waals surface area contributed by atoms with Crippen molar-refractivity contribution >= 4 is 46.1 Å². The van der Waals surface area contributed by atoms with Gasteiger partial charge in [0.05, 0.1) is 25.3 Å². The van der Waals surface area contributed by atoms with Crippen molar-refractivity contribution in [2.45, 2.75) is 77.4 Å². The van der Waals surface area contributed by atoms with Gasteiger partial charge in [-0.3, -0.25) is 29.4 Å². The Balaban J connectivity index is 0.921. The molecule has 2 aliphatic carbocycles. The van der Waals surface area contributed by atoms with Crippen LogP contribution >= 0.6 is 0 Å². The third kappa shape index (κ3) is 11.0.